The van der Waals surface area contributed by atoms with Gasteiger partial charge < -0.3 is 10.4 Å². The highest BCUT2D eigenvalue weighted by Gasteiger charge is 2.21. The molecular formula is C13H20BrNO. The van der Waals surface area contributed by atoms with Gasteiger partial charge in [-0.15, -0.1) is 0 Å². The minimum Gasteiger partial charge on any atom is -0.391 e. The predicted octanol–water partition coefficient (Wildman–Crippen LogP) is 2.95. The molecule has 3 heteroatoms. The predicted molar refractivity (Wildman–Crippen MR) is 71.3 cm³/mol. The fraction of sp³-hybridized carbons (Fsp3) is 0.538. The van der Waals surface area contributed by atoms with Crippen LogP contribution in [0.4, 0.5) is 0 Å². The molecule has 0 heterocycles. The average molecular weight is 286 g/mol. The molecule has 0 aliphatic carbocycles. The molecule has 1 aromatic rings. The maximum Gasteiger partial charge on any atom is 0.0712 e. The van der Waals surface area contributed by atoms with Gasteiger partial charge >= 0.3 is 0 Å². The summed E-state index contributed by atoms with van der Waals surface area (Å²) in [5, 5.41) is 13.1. The quantitative estimate of drug-likeness (QED) is 0.892. The zero-order valence-corrected chi connectivity index (χ0v) is 11.7. The second kappa shape index (κ2) is 5.80. The van der Waals surface area contributed by atoms with Crippen molar-refractivity contribution in [2.24, 2.45) is 5.41 Å². The first-order chi connectivity index (χ1) is 7.41. The highest BCUT2D eigenvalue weighted by molar-refractivity contribution is 9.10. The Morgan fingerprint density at radius 1 is 1.31 bits per heavy atom. The van der Waals surface area contributed by atoms with Gasteiger partial charge in [0.25, 0.3) is 0 Å². The Hall–Kier alpha value is -0.380. The average Bonchev–Trinajstić information content (AvgIpc) is 2.19. The van der Waals surface area contributed by atoms with Crippen LogP contribution in [0.25, 0.3) is 0 Å². The summed E-state index contributed by atoms with van der Waals surface area (Å²) in [7, 11) is 0. The summed E-state index contributed by atoms with van der Waals surface area (Å²) in [5.74, 6) is 0. The zero-order valence-electron chi connectivity index (χ0n) is 10.1. The largest absolute Gasteiger partial charge is 0.391 e. The van der Waals surface area contributed by atoms with Gasteiger partial charge in [0.15, 0.2) is 0 Å². The van der Waals surface area contributed by atoms with Crippen molar-refractivity contribution in [2.45, 2.75) is 33.4 Å². The van der Waals surface area contributed by atoms with Crippen LogP contribution in [0.15, 0.2) is 28.7 Å². The van der Waals surface area contributed by atoms with Crippen molar-refractivity contribution in [2.75, 3.05) is 6.54 Å². The van der Waals surface area contributed by atoms with Crippen LogP contribution in [0.1, 0.15) is 26.3 Å². The summed E-state index contributed by atoms with van der Waals surface area (Å²) >= 11 is 3.50. The molecule has 0 spiro atoms. The van der Waals surface area contributed by atoms with Crippen LogP contribution in [0.3, 0.4) is 0 Å². The molecule has 0 fully saturated rings. The van der Waals surface area contributed by atoms with Gasteiger partial charge in [-0.1, -0.05) is 54.9 Å². The molecule has 1 aromatic carbocycles. The van der Waals surface area contributed by atoms with Gasteiger partial charge in [0.05, 0.1) is 6.10 Å². The van der Waals surface area contributed by atoms with E-state index in [4.69, 9.17) is 0 Å². The first-order valence-corrected chi connectivity index (χ1v) is 6.33. The number of nitrogens with one attached hydrogen (secondary N) is 1. The van der Waals surface area contributed by atoms with Crippen molar-refractivity contribution in [1.29, 1.82) is 0 Å². The van der Waals surface area contributed by atoms with E-state index in [-0.39, 0.29) is 11.5 Å². The minimum atomic E-state index is -0.324. The topological polar surface area (TPSA) is 32.3 Å². The molecule has 0 aliphatic heterocycles. The van der Waals surface area contributed by atoms with E-state index in [9.17, 15) is 5.11 Å². The number of benzene rings is 1. The van der Waals surface area contributed by atoms with Crippen LogP contribution in [-0.4, -0.2) is 17.8 Å². The van der Waals surface area contributed by atoms with Crippen LogP contribution >= 0.6 is 15.9 Å². The van der Waals surface area contributed by atoms with Gasteiger partial charge in [0, 0.05) is 17.6 Å². The van der Waals surface area contributed by atoms with Gasteiger partial charge in [-0.25, -0.2) is 0 Å². The van der Waals surface area contributed by atoms with Crippen LogP contribution in [0, 0.1) is 5.41 Å². The molecule has 1 atom stereocenters. The lowest BCUT2D eigenvalue weighted by Gasteiger charge is -2.26. The van der Waals surface area contributed by atoms with Crippen LogP contribution in [-0.2, 0) is 6.54 Å². The van der Waals surface area contributed by atoms with E-state index >= 15 is 0 Å². The fourth-order valence-electron chi connectivity index (χ4n) is 1.29. The van der Waals surface area contributed by atoms with Crippen molar-refractivity contribution in [3.8, 4) is 0 Å². The van der Waals surface area contributed by atoms with Gasteiger partial charge in [0.2, 0.25) is 0 Å². The minimum absolute atomic E-state index is 0.0685. The van der Waals surface area contributed by atoms with Crippen LogP contribution in [0.2, 0.25) is 0 Å². The van der Waals surface area contributed by atoms with E-state index in [0.29, 0.717) is 6.54 Å². The van der Waals surface area contributed by atoms with Crippen molar-refractivity contribution in [3.63, 3.8) is 0 Å². The number of hydrogen-bond donors (Lipinski definition) is 2. The summed E-state index contributed by atoms with van der Waals surface area (Å²) < 4.78 is 1.10. The molecule has 0 saturated carbocycles. The fourth-order valence-corrected chi connectivity index (χ4v) is 1.72. The standard InChI is InChI=1S/C13H20BrNO/c1-13(2,3)12(16)9-15-8-10-6-4-5-7-11(10)14/h4-7,12,15-16H,8-9H2,1-3H3. The van der Waals surface area contributed by atoms with Crippen molar-refractivity contribution >= 4 is 15.9 Å². The third-order valence-electron chi connectivity index (χ3n) is 2.61. The zero-order chi connectivity index (χ0) is 12.2. The summed E-state index contributed by atoms with van der Waals surface area (Å²) in [4.78, 5) is 0. The molecule has 0 aromatic heterocycles. The summed E-state index contributed by atoms with van der Waals surface area (Å²) in [6, 6.07) is 8.11. The molecular weight excluding hydrogens is 266 g/mol. The molecule has 0 saturated heterocycles. The Balaban J connectivity index is 2.40. The SMILES string of the molecule is CC(C)(C)C(O)CNCc1ccccc1Br. The molecule has 0 bridgehead atoms. The molecule has 0 aliphatic rings. The first kappa shape index (κ1) is 13.7. The number of hydrogen-bond acceptors (Lipinski definition) is 2. The Morgan fingerprint density at radius 2 is 1.94 bits per heavy atom. The highest BCUT2D eigenvalue weighted by Crippen LogP contribution is 2.19. The molecule has 16 heavy (non-hydrogen) atoms. The Kier molecular flexibility index (Phi) is 4.96. The first-order valence-electron chi connectivity index (χ1n) is 5.53. The maximum atomic E-state index is 9.86. The summed E-state index contributed by atoms with van der Waals surface area (Å²) in [6.45, 7) is 7.51. The summed E-state index contributed by atoms with van der Waals surface area (Å²) in [5.41, 5.74) is 1.14. The van der Waals surface area contributed by atoms with Crippen LogP contribution < -0.4 is 5.32 Å². The van der Waals surface area contributed by atoms with Gasteiger partial charge in [-0.3, -0.25) is 0 Å². The van der Waals surface area contributed by atoms with E-state index < -0.39 is 0 Å². The van der Waals surface area contributed by atoms with Gasteiger partial charge in [-0.2, -0.15) is 0 Å². The second-order valence-corrected chi connectivity index (χ2v) is 5.96. The Labute approximate surface area is 106 Å². The summed E-state index contributed by atoms with van der Waals surface area (Å²) in [6.07, 6.45) is -0.324. The lowest BCUT2D eigenvalue weighted by Crippen LogP contribution is -2.36. The van der Waals surface area contributed by atoms with Crippen molar-refractivity contribution in [3.05, 3.63) is 34.3 Å². The third-order valence-corrected chi connectivity index (χ3v) is 3.38. The normalized spacial score (nSPS) is 13.8. The number of aliphatic hydroxyl groups excluding tert-OH is 1. The Bertz CT molecular complexity index is 333. The third kappa shape index (κ3) is 4.24. The number of rotatable bonds is 4. The monoisotopic (exact) mass is 285 g/mol. The molecule has 90 valence electrons. The molecule has 1 rings (SSSR count). The molecule has 2 nitrogen and oxygen atoms in total. The molecule has 1 unspecified atom stereocenters. The highest BCUT2D eigenvalue weighted by atomic mass is 79.9. The number of aliphatic hydroxyl groups is 1. The Morgan fingerprint density at radius 3 is 2.50 bits per heavy atom. The van der Waals surface area contributed by atoms with E-state index in [1.165, 1.54) is 5.56 Å². The van der Waals surface area contributed by atoms with E-state index in [1.807, 2.05) is 39.0 Å². The van der Waals surface area contributed by atoms with Gasteiger partial charge in [-0.05, 0) is 17.0 Å². The van der Waals surface area contributed by atoms with Crippen LogP contribution in [0.5, 0.6) is 0 Å². The van der Waals surface area contributed by atoms with E-state index in [1.54, 1.807) is 0 Å². The second-order valence-electron chi connectivity index (χ2n) is 5.10. The smallest absolute Gasteiger partial charge is 0.0712 e. The van der Waals surface area contributed by atoms with Gasteiger partial charge in [0.1, 0.15) is 0 Å². The molecule has 0 amide bonds. The van der Waals surface area contributed by atoms with E-state index in [2.05, 4.69) is 27.3 Å². The maximum absolute atomic E-state index is 9.86. The molecule has 0 radical (unpaired) electrons. The lowest BCUT2D eigenvalue weighted by molar-refractivity contribution is 0.0627. The molecule has 2 N–H and O–H groups in total. The number of halogens is 1. The lowest BCUT2D eigenvalue weighted by atomic mass is 9.89. The van der Waals surface area contributed by atoms with Crippen molar-refractivity contribution < 1.29 is 5.11 Å². The van der Waals surface area contributed by atoms with E-state index in [0.717, 1.165) is 11.0 Å². The van der Waals surface area contributed by atoms with Crippen molar-refractivity contribution in [1.82, 2.24) is 5.32 Å².